The largest absolute Gasteiger partial charge is 0.489 e. The van der Waals surface area contributed by atoms with Gasteiger partial charge in [0.15, 0.2) is 0 Å². The molecule has 0 radical (unpaired) electrons. The van der Waals surface area contributed by atoms with E-state index in [1.807, 2.05) is 53.9 Å². The number of benzene rings is 2. The summed E-state index contributed by atoms with van der Waals surface area (Å²) >= 11 is 1.67. The standard InChI is InChI=1S/C18H13NOS/c19-11-14-1-3-16(4-2-14)17-5-7-18(8-6-17)20-12-15-9-10-21-13-15/h1-10,13H,12H2. The molecule has 102 valence electrons. The van der Waals surface area contributed by atoms with E-state index in [1.165, 1.54) is 5.56 Å². The Morgan fingerprint density at radius 1 is 0.905 bits per heavy atom. The van der Waals surface area contributed by atoms with Gasteiger partial charge in [0, 0.05) is 0 Å². The maximum atomic E-state index is 8.81. The van der Waals surface area contributed by atoms with Crippen molar-refractivity contribution in [1.82, 2.24) is 0 Å². The minimum absolute atomic E-state index is 0.597. The van der Waals surface area contributed by atoms with Gasteiger partial charge in [-0.3, -0.25) is 0 Å². The third-order valence-electron chi connectivity index (χ3n) is 3.19. The van der Waals surface area contributed by atoms with Crippen molar-refractivity contribution in [3.8, 4) is 22.9 Å². The minimum atomic E-state index is 0.597. The van der Waals surface area contributed by atoms with Crippen LogP contribution in [0.2, 0.25) is 0 Å². The van der Waals surface area contributed by atoms with Crippen molar-refractivity contribution < 1.29 is 4.74 Å². The molecule has 0 bridgehead atoms. The van der Waals surface area contributed by atoms with Crippen LogP contribution in [0.5, 0.6) is 5.75 Å². The van der Waals surface area contributed by atoms with Crippen molar-refractivity contribution in [2.24, 2.45) is 0 Å². The molecule has 1 aromatic heterocycles. The van der Waals surface area contributed by atoms with Gasteiger partial charge in [-0.1, -0.05) is 24.3 Å². The van der Waals surface area contributed by atoms with Crippen LogP contribution in [-0.4, -0.2) is 0 Å². The molecule has 3 heteroatoms. The molecule has 0 saturated carbocycles. The summed E-state index contributed by atoms with van der Waals surface area (Å²) in [5.41, 5.74) is 4.08. The van der Waals surface area contributed by atoms with Crippen LogP contribution in [0, 0.1) is 11.3 Å². The van der Waals surface area contributed by atoms with Crippen LogP contribution in [0.4, 0.5) is 0 Å². The molecular weight excluding hydrogens is 278 g/mol. The first-order valence-corrected chi connectivity index (χ1v) is 7.54. The molecule has 0 aliphatic heterocycles. The molecule has 1 heterocycles. The molecule has 0 N–H and O–H groups in total. The molecule has 0 atom stereocenters. The van der Waals surface area contributed by atoms with E-state index < -0.39 is 0 Å². The smallest absolute Gasteiger partial charge is 0.119 e. The molecule has 0 unspecified atom stereocenters. The normalized spacial score (nSPS) is 10.0. The molecule has 3 aromatic rings. The zero-order valence-electron chi connectivity index (χ0n) is 11.3. The van der Waals surface area contributed by atoms with E-state index in [0.717, 1.165) is 16.9 Å². The van der Waals surface area contributed by atoms with Crippen molar-refractivity contribution in [3.63, 3.8) is 0 Å². The van der Waals surface area contributed by atoms with Gasteiger partial charge in [-0.05, 0) is 57.8 Å². The summed E-state index contributed by atoms with van der Waals surface area (Å²) in [7, 11) is 0. The molecule has 3 rings (SSSR count). The fourth-order valence-electron chi connectivity index (χ4n) is 2.02. The Labute approximate surface area is 127 Å². The van der Waals surface area contributed by atoms with Crippen molar-refractivity contribution in [2.45, 2.75) is 6.61 Å². The Morgan fingerprint density at radius 2 is 1.57 bits per heavy atom. The van der Waals surface area contributed by atoms with Gasteiger partial charge in [-0.2, -0.15) is 16.6 Å². The van der Waals surface area contributed by atoms with Gasteiger partial charge in [0.1, 0.15) is 12.4 Å². The van der Waals surface area contributed by atoms with E-state index in [4.69, 9.17) is 10.00 Å². The Morgan fingerprint density at radius 3 is 2.14 bits per heavy atom. The highest BCUT2D eigenvalue weighted by molar-refractivity contribution is 7.07. The Bertz CT molecular complexity index is 737. The molecule has 0 amide bonds. The summed E-state index contributed by atoms with van der Waals surface area (Å²) in [4.78, 5) is 0. The second-order valence-electron chi connectivity index (χ2n) is 4.63. The number of ether oxygens (including phenoxy) is 1. The highest BCUT2D eigenvalue weighted by Gasteiger charge is 2.00. The van der Waals surface area contributed by atoms with E-state index >= 15 is 0 Å². The number of nitrogens with zero attached hydrogens (tertiary/aromatic N) is 1. The third kappa shape index (κ3) is 3.31. The molecule has 0 spiro atoms. The molecule has 0 aliphatic rings. The molecular formula is C18H13NOS. The van der Waals surface area contributed by atoms with Crippen molar-refractivity contribution >= 4 is 11.3 Å². The predicted molar refractivity (Wildman–Crippen MR) is 85.2 cm³/mol. The summed E-state index contributed by atoms with van der Waals surface area (Å²) in [6.07, 6.45) is 0. The van der Waals surface area contributed by atoms with Crippen LogP contribution >= 0.6 is 11.3 Å². The van der Waals surface area contributed by atoms with E-state index in [-0.39, 0.29) is 0 Å². The molecule has 2 aromatic carbocycles. The van der Waals surface area contributed by atoms with Crippen molar-refractivity contribution in [2.75, 3.05) is 0 Å². The lowest BCUT2D eigenvalue weighted by atomic mass is 10.0. The zero-order valence-corrected chi connectivity index (χ0v) is 12.1. The fraction of sp³-hybridized carbons (Fsp3) is 0.0556. The maximum Gasteiger partial charge on any atom is 0.119 e. The average Bonchev–Trinajstić information content (AvgIpc) is 3.07. The molecule has 0 saturated heterocycles. The maximum absolute atomic E-state index is 8.81. The van der Waals surface area contributed by atoms with Crippen molar-refractivity contribution in [1.29, 1.82) is 5.26 Å². The third-order valence-corrected chi connectivity index (χ3v) is 3.92. The van der Waals surface area contributed by atoms with Gasteiger partial charge >= 0.3 is 0 Å². The Balaban J connectivity index is 1.69. The average molecular weight is 291 g/mol. The quantitative estimate of drug-likeness (QED) is 0.687. The fourth-order valence-corrected chi connectivity index (χ4v) is 2.68. The number of nitriles is 1. The summed E-state index contributed by atoms with van der Waals surface area (Å²) in [5, 5.41) is 12.9. The second-order valence-corrected chi connectivity index (χ2v) is 5.41. The monoisotopic (exact) mass is 291 g/mol. The first-order chi connectivity index (χ1) is 10.3. The lowest BCUT2D eigenvalue weighted by molar-refractivity contribution is 0.307. The number of hydrogen-bond donors (Lipinski definition) is 0. The van der Waals surface area contributed by atoms with Crippen LogP contribution in [0.15, 0.2) is 65.4 Å². The van der Waals surface area contributed by atoms with E-state index in [9.17, 15) is 0 Å². The van der Waals surface area contributed by atoms with E-state index in [1.54, 1.807) is 11.3 Å². The zero-order chi connectivity index (χ0) is 14.5. The van der Waals surface area contributed by atoms with Gasteiger partial charge in [0.05, 0.1) is 11.6 Å². The summed E-state index contributed by atoms with van der Waals surface area (Å²) in [5.74, 6) is 0.860. The van der Waals surface area contributed by atoms with Crippen LogP contribution < -0.4 is 4.74 Å². The lowest BCUT2D eigenvalue weighted by Crippen LogP contribution is -1.93. The predicted octanol–water partition coefficient (Wildman–Crippen LogP) is 4.87. The van der Waals surface area contributed by atoms with E-state index in [0.29, 0.717) is 12.2 Å². The topological polar surface area (TPSA) is 33.0 Å². The molecule has 2 nitrogen and oxygen atoms in total. The van der Waals surface area contributed by atoms with Crippen molar-refractivity contribution in [3.05, 3.63) is 76.5 Å². The van der Waals surface area contributed by atoms with Crippen LogP contribution in [0.3, 0.4) is 0 Å². The molecule has 0 fully saturated rings. The Kier molecular flexibility index (Phi) is 3.99. The highest BCUT2D eigenvalue weighted by atomic mass is 32.1. The summed E-state index contributed by atoms with van der Waals surface area (Å²) < 4.78 is 5.74. The first-order valence-electron chi connectivity index (χ1n) is 6.59. The van der Waals surface area contributed by atoms with Crippen LogP contribution in [0.1, 0.15) is 11.1 Å². The number of hydrogen-bond acceptors (Lipinski definition) is 3. The van der Waals surface area contributed by atoms with Crippen LogP contribution in [0.25, 0.3) is 11.1 Å². The first kappa shape index (κ1) is 13.4. The molecule has 21 heavy (non-hydrogen) atoms. The summed E-state index contributed by atoms with van der Waals surface area (Å²) in [6, 6.07) is 19.8. The van der Waals surface area contributed by atoms with Gasteiger partial charge in [0.25, 0.3) is 0 Å². The van der Waals surface area contributed by atoms with Gasteiger partial charge in [0.2, 0.25) is 0 Å². The highest BCUT2D eigenvalue weighted by Crippen LogP contribution is 2.23. The molecule has 0 aliphatic carbocycles. The number of thiophene rings is 1. The lowest BCUT2D eigenvalue weighted by Gasteiger charge is -2.06. The number of rotatable bonds is 4. The minimum Gasteiger partial charge on any atom is -0.489 e. The van der Waals surface area contributed by atoms with Gasteiger partial charge in [-0.25, -0.2) is 0 Å². The Hall–Kier alpha value is -2.57. The summed E-state index contributed by atoms with van der Waals surface area (Å²) in [6.45, 7) is 0.597. The SMILES string of the molecule is N#Cc1ccc(-c2ccc(OCc3ccsc3)cc2)cc1. The van der Waals surface area contributed by atoms with Gasteiger partial charge in [-0.15, -0.1) is 0 Å². The van der Waals surface area contributed by atoms with Gasteiger partial charge < -0.3 is 4.74 Å². The van der Waals surface area contributed by atoms with Crippen LogP contribution in [-0.2, 0) is 6.61 Å². The second kappa shape index (κ2) is 6.25. The van der Waals surface area contributed by atoms with E-state index in [2.05, 4.69) is 17.5 Å².